The van der Waals surface area contributed by atoms with Crippen LogP contribution in [0.25, 0.3) is 10.9 Å². The third-order valence-corrected chi connectivity index (χ3v) is 4.09. The van der Waals surface area contributed by atoms with E-state index in [1.165, 1.54) is 0 Å². The van der Waals surface area contributed by atoms with Gasteiger partial charge in [-0.3, -0.25) is 9.48 Å². The van der Waals surface area contributed by atoms with Crippen molar-refractivity contribution < 1.29 is 4.79 Å². The van der Waals surface area contributed by atoms with E-state index in [1.54, 1.807) is 0 Å². The molecule has 0 radical (unpaired) electrons. The van der Waals surface area contributed by atoms with Crippen molar-refractivity contribution in [3.63, 3.8) is 0 Å². The van der Waals surface area contributed by atoms with Crippen LogP contribution in [0.5, 0.6) is 0 Å². The second-order valence-corrected chi connectivity index (χ2v) is 5.82. The number of benzene rings is 1. The van der Waals surface area contributed by atoms with E-state index in [4.69, 9.17) is 0 Å². The summed E-state index contributed by atoms with van der Waals surface area (Å²) in [6.45, 7) is 0.806. The summed E-state index contributed by atoms with van der Waals surface area (Å²) >= 11 is 3.43. The summed E-state index contributed by atoms with van der Waals surface area (Å²) in [5.41, 5.74) is 1.58. The molecule has 4 rings (SSSR count). The quantitative estimate of drug-likeness (QED) is 0.808. The molecule has 1 aliphatic heterocycles. The smallest absolute Gasteiger partial charge is 0.270 e. The Bertz CT molecular complexity index is 657. The van der Waals surface area contributed by atoms with Crippen molar-refractivity contribution in [2.75, 3.05) is 0 Å². The van der Waals surface area contributed by atoms with Gasteiger partial charge in [0.05, 0.1) is 17.6 Å². The van der Waals surface area contributed by atoms with Crippen molar-refractivity contribution in [2.45, 2.75) is 24.9 Å². The molecule has 5 heteroatoms. The molecule has 86 valence electrons. The standard InChI is InChI=1S/C12H10BrN3O/c13-7-1-2-9-8(5-7)10-11(17)14-12(3-4-12)6-16(10)15-9/h1-2,5H,3-4,6H2,(H,14,17). The van der Waals surface area contributed by atoms with Crippen molar-refractivity contribution >= 4 is 32.7 Å². The fraction of sp³-hybridized carbons (Fsp3) is 0.333. The highest BCUT2D eigenvalue weighted by atomic mass is 79.9. The predicted octanol–water partition coefficient (Wildman–Crippen LogP) is 2.07. The van der Waals surface area contributed by atoms with E-state index in [0.29, 0.717) is 5.69 Å². The van der Waals surface area contributed by atoms with Gasteiger partial charge in [-0.1, -0.05) is 15.9 Å². The summed E-state index contributed by atoms with van der Waals surface area (Å²) in [5.74, 6) is 0.00866. The molecule has 0 saturated heterocycles. The molecule has 1 aromatic carbocycles. The molecule has 2 aromatic rings. The Kier molecular flexibility index (Phi) is 1.65. The highest BCUT2D eigenvalue weighted by Gasteiger charge is 2.48. The number of carbonyl (C=O) groups excluding carboxylic acids is 1. The molecule has 1 saturated carbocycles. The van der Waals surface area contributed by atoms with Gasteiger partial charge in [0.25, 0.3) is 5.91 Å². The number of hydrogen-bond donors (Lipinski definition) is 1. The lowest BCUT2D eigenvalue weighted by molar-refractivity contribution is 0.0889. The number of rotatable bonds is 0. The van der Waals surface area contributed by atoms with Crippen molar-refractivity contribution in [2.24, 2.45) is 0 Å². The number of amides is 1. The van der Waals surface area contributed by atoms with E-state index in [1.807, 2.05) is 22.9 Å². The summed E-state index contributed by atoms with van der Waals surface area (Å²) in [4.78, 5) is 12.1. The van der Waals surface area contributed by atoms with Crippen molar-refractivity contribution in [1.82, 2.24) is 15.1 Å². The number of nitrogens with one attached hydrogen (secondary N) is 1. The first kappa shape index (κ1) is 9.65. The fourth-order valence-corrected chi connectivity index (χ4v) is 2.88. The lowest BCUT2D eigenvalue weighted by Gasteiger charge is -2.24. The van der Waals surface area contributed by atoms with Crippen LogP contribution in [0.15, 0.2) is 22.7 Å². The second kappa shape index (κ2) is 2.90. The lowest BCUT2D eigenvalue weighted by Crippen LogP contribution is -2.46. The van der Waals surface area contributed by atoms with E-state index in [9.17, 15) is 4.79 Å². The molecule has 1 aliphatic carbocycles. The van der Waals surface area contributed by atoms with Gasteiger partial charge in [-0.15, -0.1) is 0 Å². The molecule has 1 amide bonds. The number of nitrogens with zero attached hydrogens (tertiary/aromatic N) is 2. The molecule has 1 spiro atoms. The molecule has 1 aromatic heterocycles. The summed E-state index contributed by atoms with van der Waals surface area (Å²) in [5, 5.41) is 8.54. The topological polar surface area (TPSA) is 46.9 Å². The molecule has 0 unspecified atom stereocenters. The zero-order valence-corrected chi connectivity index (χ0v) is 10.6. The Balaban J connectivity index is 2.00. The SMILES string of the molecule is O=C1NC2(CC2)Cn2nc3ccc(Br)cc3c21. The third-order valence-electron chi connectivity index (χ3n) is 3.60. The summed E-state index contributed by atoms with van der Waals surface area (Å²) in [7, 11) is 0. The Morgan fingerprint density at radius 3 is 3.00 bits per heavy atom. The molecule has 2 heterocycles. The molecule has 0 bridgehead atoms. The zero-order valence-electron chi connectivity index (χ0n) is 9.03. The van der Waals surface area contributed by atoms with E-state index in [2.05, 4.69) is 26.3 Å². The Labute approximate surface area is 106 Å². The van der Waals surface area contributed by atoms with Gasteiger partial charge < -0.3 is 5.32 Å². The molecule has 17 heavy (non-hydrogen) atoms. The average molecular weight is 292 g/mol. The first-order chi connectivity index (χ1) is 8.17. The van der Waals surface area contributed by atoms with Gasteiger partial charge in [-0.05, 0) is 31.0 Å². The number of fused-ring (bicyclic) bond motifs is 3. The monoisotopic (exact) mass is 291 g/mol. The Hall–Kier alpha value is -1.36. The van der Waals surface area contributed by atoms with Crippen LogP contribution in [0.4, 0.5) is 0 Å². The van der Waals surface area contributed by atoms with Crippen LogP contribution < -0.4 is 5.32 Å². The van der Waals surface area contributed by atoms with E-state index in [-0.39, 0.29) is 11.4 Å². The zero-order chi connectivity index (χ0) is 11.6. The van der Waals surface area contributed by atoms with Gasteiger partial charge in [0.15, 0.2) is 0 Å². The number of hydrogen-bond acceptors (Lipinski definition) is 2. The number of halogens is 1. The molecule has 4 nitrogen and oxygen atoms in total. The van der Waals surface area contributed by atoms with Crippen molar-refractivity contribution in [3.8, 4) is 0 Å². The Morgan fingerprint density at radius 2 is 2.24 bits per heavy atom. The van der Waals surface area contributed by atoms with Crippen LogP contribution in [0.1, 0.15) is 23.3 Å². The minimum atomic E-state index is 0.00333. The van der Waals surface area contributed by atoms with Gasteiger partial charge in [0.2, 0.25) is 0 Å². The maximum Gasteiger partial charge on any atom is 0.270 e. The Morgan fingerprint density at radius 1 is 1.41 bits per heavy atom. The molecular weight excluding hydrogens is 282 g/mol. The van der Waals surface area contributed by atoms with Crippen molar-refractivity contribution in [3.05, 3.63) is 28.4 Å². The van der Waals surface area contributed by atoms with Gasteiger partial charge in [-0.2, -0.15) is 5.10 Å². The molecular formula is C12H10BrN3O. The normalized spacial score (nSPS) is 20.4. The van der Waals surface area contributed by atoms with E-state index >= 15 is 0 Å². The van der Waals surface area contributed by atoms with Crippen LogP contribution in [0.2, 0.25) is 0 Å². The molecule has 0 atom stereocenters. The second-order valence-electron chi connectivity index (χ2n) is 4.90. The predicted molar refractivity (Wildman–Crippen MR) is 66.9 cm³/mol. The van der Waals surface area contributed by atoms with Crippen LogP contribution in [-0.2, 0) is 6.54 Å². The maximum atomic E-state index is 12.1. The third kappa shape index (κ3) is 1.29. The van der Waals surface area contributed by atoms with Gasteiger partial charge in [-0.25, -0.2) is 0 Å². The largest absolute Gasteiger partial charge is 0.343 e. The first-order valence-corrected chi connectivity index (χ1v) is 6.45. The minimum absolute atomic E-state index is 0.00333. The van der Waals surface area contributed by atoms with Crippen LogP contribution >= 0.6 is 15.9 Å². The van der Waals surface area contributed by atoms with Gasteiger partial charge in [0, 0.05) is 9.86 Å². The van der Waals surface area contributed by atoms with Crippen LogP contribution in [0.3, 0.4) is 0 Å². The molecule has 1 N–H and O–H groups in total. The average Bonchev–Trinajstić information content (AvgIpc) is 2.90. The highest BCUT2D eigenvalue weighted by molar-refractivity contribution is 9.10. The minimum Gasteiger partial charge on any atom is -0.343 e. The van der Waals surface area contributed by atoms with E-state index < -0.39 is 0 Å². The van der Waals surface area contributed by atoms with Crippen LogP contribution in [-0.4, -0.2) is 21.2 Å². The summed E-state index contributed by atoms with van der Waals surface area (Å²) in [6, 6.07) is 5.85. The molecule has 2 aliphatic rings. The maximum absolute atomic E-state index is 12.1. The van der Waals surface area contributed by atoms with Gasteiger partial charge in [0.1, 0.15) is 5.69 Å². The van der Waals surface area contributed by atoms with Crippen LogP contribution in [0, 0.1) is 0 Å². The molecule has 1 fully saturated rings. The number of aromatic nitrogens is 2. The lowest BCUT2D eigenvalue weighted by atomic mass is 10.1. The fourth-order valence-electron chi connectivity index (χ4n) is 2.52. The number of carbonyl (C=O) groups is 1. The summed E-state index contributed by atoms with van der Waals surface area (Å²) < 4.78 is 2.84. The van der Waals surface area contributed by atoms with E-state index in [0.717, 1.165) is 34.8 Å². The highest BCUT2D eigenvalue weighted by Crippen LogP contribution is 2.40. The van der Waals surface area contributed by atoms with Gasteiger partial charge >= 0.3 is 0 Å². The van der Waals surface area contributed by atoms with Crippen molar-refractivity contribution in [1.29, 1.82) is 0 Å². The first-order valence-electron chi connectivity index (χ1n) is 5.66. The summed E-state index contributed by atoms with van der Waals surface area (Å²) in [6.07, 6.45) is 2.14.